The van der Waals surface area contributed by atoms with Crippen LogP contribution in [0.15, 0.2) is 60.0 Å². The zero-order chi connectivity index (χ0) is 25.9. The van der Waals surface area contributed by atoms with Crippen molar-refractivity contribution >= 4 is 37.8 Å². The van der Waals surface area contributed by atoms with Crippen LogP contribution in [0.25, 0.3) is 21.9 Å². The number of ether oxygens (including phenoxy) is 2. The number of benzene rings is 2. The van der Waals surface area contributed by atoms with Crippen LogP contribution in [-0.2, 0) is 19.5 Å². The monoisotopic (exact) mass is 522 g/mol. The zero-order valence-corrected chi connectivity index (χ0v) is 21.8. The molecule has 1 saturated carbocycles. The standard InChI is InChI=1S/C26H30N6O4S/c1-4-31(37(33,34)19-10-9-16-7-5-6-8-17(16)11-19)13-18-12-20(23-22(18)35-26(2,3)36-23)32-15-30-21-24(27)28-14-29-25(21)32/h5-11,14-15,18,20,22-23H,4,12-13H2,1-3H3,(H2,27,28,29)/t18-,20-,22-,23+/m1/s1. The van der Waals surface area contributed by atoms with Crippen molar-refractivity contribution in [2.75, 3.05) is 18.8 Å². The lowest BCUT2D eigenvalue weighted by Crippen LogP contribution is -2.39. The third-order valence-electron chi connectivity index (χ3n) is 7.45. The molecule has 2 aromatic heterocycles. The van der Waals surface area contributed by atoms with Gasteiger partial charge in [0.15, 0.2) is 17.3 Å². The van der Waals surface area contributed by atoms with Crippen molar-refractivity contribution in [2.45, 2.75) is 56.1 Å². The van der Waals surface area contributed by atoms with Crippen LogP contribution in [0, 0.1) is 5.92 Å². The fourth-order valence-corrected chi connectivity index (χ4v) is 7.30. The fraction of sp³-hybridized carbons (Fsp3) is 0.423. The summed E-state index contributed by atoms with van der Waals surface area (Å²) in [5, 5.41) is 1.89. The summed E-state index contributed by atoms with van der Waals surface area (Å²) in [7, 11) is -3.72. The molecule has 1 aliphatic heterocycles. The number of sulfonamides is 1. The van der Waals surface area contributed by atoms with Gasteiger partial charge >= 0.3 is 0 Å². The van der Waals surface area contributed by atoms with Crippen LogP contribution in [0.3, 0.4) is 0 Å². The minimum Gasteiger partial charge on any atom is -0.382 e. The average molecular weight is 523 g/mol. The number of hydrogen-bond acceptors (Lipinski definition) is 8. The van der Waals surface area contributed by atoms with E-state index in [1.165, 1.54) is 6.33 Å². The highest BCUT2D eigenvalue weighted by Gasteiger charge is 2.55. The van der Waals surface area contributed by atoms with E-state index in [-0.39, 0.29) is 29.1 Å². The van der Waals surface area contributed by atoms with Gasteiger partial charge in [0.2, 0.25) is 10.0 Å². The molecular weight excluding hydrogens is 492 g/mol. The molecule has 4 atom stereocenters. The Hall–Kier alpha value is -3.12. The molecule has 6 rings (SSSR count). The van der Waals surface area contributed by atoms with Gasteiger partial charge in [0.25, 0.3) is 0 Å². The number of aromatic nitrogens is 4. The lowest BCUT2D eigenvalue weighted by Gasteiger charge is -2.28. The van der Waals surface area contributed by atoms with E-state index in [4.69, 9.17) is 15.2 Å². The molecule has 0 amide bonds. The number of fused-ring (bicyclic) bond motifs is 3. The Labute approximate surface area is 215 Å². The van der Waals surface area contributed by atoms with E-state index in [2.05, 4.69) is 15.0 Å². The molecule has 3 heterocycles. The normalized spacial score (nSPS) is 25.3. The van der Waals surface area contributed by atoms with Crippen LogP contribution in [0.5, 0.6) is 0 Å². The molecule has 0 bridgehead atoms. The second-order valence-electron chi connectivity index (χ2n) is 10.2. The van der Waals surface area contributed by atoms with Crippen molar-refractivity contribution < 1.29 is 17.9 Å². The molecular formula is C26H30N6O4S. The first-order chi connectivity index (χ1) is 17.7. The quantitative estimate of drug-likeness (QED) is 0.409. The molecule has 2 N–H and O–H groups in total. The first-order valence-electron chi connectivity index (χ1n) is 12.5. The molecule has 0 radical (unpaired) electrons. The highest BCUT2D eigenvalue weighted by atomic mass is 32.2. The molecule has 1 aliphatic carbocycles. The third kappa shape index (κ3) is 4.06. The summed E-state index contributed by atoms with van der Waals surface area (Å²) in [5.41, 5.74) is 7.17. The predicted octanol–water partition coefficient (Wildman–Crippen LogP) is 3.35. The summed E-state index contributed by atoms with van der Waals surface area (Å²) in [6, 6.07) is 12.9. The van der Waals surface area contributed by atoms with Crippen molar-refractivity contribution in [3.63, 3.8) is 0 Å². The number of nitrogens with zero attached hydrogens (tertiary/aromatic N) is 5. The molecule has 2 fully saturated rings. The van der Waals surface area contributed by atoms with Crippen molar-refractivity contribution in [3.8, 4) is 0 Å². The maximum Gasteiger partial charge on any atom is 0.243 e. The van der Waals surface area contributed by atoms with Crippen molar-refractivity contribution in [2.24, 2.45) is 5.92 Å². The Morgan fingerprint density at radius 1 is 1.08 bits per heavy atom. The minimum atomic E-state index is -3.72. The lowest BCUT2D eigenvalue weighted by atomic mass is 10.1. The SMILES string of the molecule is CCN(C[C@H]1C[C@@H](n2cnc3c(N)ncnc32)[C@@H]2OC(C)(C)O[C@H]12)S(=O)(=O)c1ccc2ccccc2c1. The summed E-state index contributed by atoms with van der Waals surface area (Å²) in [6.45, 7) is 6.29. The van der Waals surface area contributed by atoms with E-state index in [1.54, 1.807) is 22.8 Å². The molecule has 10 nitrogen and oxygen atoms in total. The highest BCUT2D eigenvalue weighted by molar-refractivity contribution is 7.89. The Balaban J connectivity index is 1.32. The number of hydrogen-bond donors (Lipinski definition) is 1. The second kappa shape index (κ2) is 8.73. The number of nitrogens with two attached hydrogens (primary N) is 1. The van der Waals surface area contributed by atoms with E-state index in [0.717, 1.165) is 10.8 Å². The lowest BCUT2D eigenvalue weighted by molar-refractivity contribution is -0.160. The van der Waals surface area contributed by atoms with E-state index in [1.807, 2.05) is 55.7 Å². The number of nitrogen functional groups attached to an aromatic ring is 1. The third-order valence-corrected chi connectivity index (χ3v) is 9.38. The van der Waals surface area contributed by atoms with Gasteiger partial charge in [-0.25, -0.2) is 23.4 Å². The summed E-state index contributed by atoms with van der Waals surface area (Å²) < 4.78 is 43.7. The number of imidazole rings is 1. The first-order valence-corrected chi connectivity index (χ1v) is 13.9. The van der Waals surface area contributed by atoms with Crippen molar-refractivity contribution in [1.82, 2.24) is 23.8 Å². The van der Waals surface area contributed by atoms with Crippen molar-refractivity contribution in [3.05, 3.63) is 55.1 Å². The molecule has 194 valence electrons. The van der Waals surface area contributed by atoms with Gasteiger partial charge in [-0.15, -0.1) is 0 Å². The van der Waals surface area contributed by atoms with Crippen LogP contribution in [-0.4, -0.2) is 63.3 Å². The average Bonchev–Trinajstić information content (AvgIpc) is 3.53. The predicted molar refractivity (Wildman–Crippen MR) is 139 cm³/mol. The van der Waals surface area contributed by atoms with Gasteiger partial charge in [0.1, 0.15) is 17.9 Å². The molecule has 0 unspecified atom stereocenters. The molecule has 37 heavy (non-hydrogen) atoms. The van der Waals surface area contributed by atoms with Crippen LogP contribution in [0.4, 0.5) is 5.82 Å². The molecule has 11 heteroatoms. The zero-order valence-electron chi connectivity index (χ0n) is 21.0. The largest absolute Gasteiger partial charge is 0.382 e. The minimum absolute atomic E-state index is 0.0939. The Kier molecular flexibility index (Phi) is 5.72. The second-order valence-corrected chi connectivity index (χ2v) is 12.1. The van der Waals surface area contributed by atoms with Gasteiger partial charge in [-0.2, -0.15) is 4.31 Å². The molecule has 2 aromatic carbocycles. The number of rotatable bonds is 6. The van der Waals surface area contributed by atoms with Gasteiger partial charge in [-0.05, 0) is 43.2 Å². The highest BCUT2D eigenvalue weighted by Crippen LogP contribution is 2.48. The molecule has 2 aliphatic rings. The van der Waals surface area contributed by atoms with E-state index in [0.29, 0.717) is 36.5 Å². The van der Waals surface area contributed by atoms with Crippen LogP contribution in [0.2, 0.25) is 0 Å². The van der Waals surface area contributed by atoms with E-state index < -0.39 is 15.8 Å². The van der Waals surface area contributed by atoms with Crippen molar-refractivity contribution in [1.29, 1.82) is 0 Å². The van der Waals surface area contributed by atoms with Gasteiger partial charge in [0.05, 0.1) is 23.4 Å². The van der Waals surface area contributed by atoms with E-state index >= 15 is 0 Å². The summed E-state index contributed by atoms with van der Waals surface area (Å²) in [4.78, 5) is 13.2. The van der Waals surface area contributed by atoms with Gasteiger partial charge in [-0.1, -0.05) is 37.3 Å². The van der Waals surface area contributed by atoms with Gasteiger partial charge < -0.3 is 19.8 Å². The van der Waals surface area contributed by atoms with E-state index in [9.17, 15) is 8.42 Å². The summed E-state index contributed by atoms with van der Waals surface area (Å²) >= 11 is 0. The van der Waals surface area contributed by atoms with Crippen LogP contribution < -0.4 is 5.73 Å². The van der Waals surface area contributed by atoms with Crippen LogP contribution >= 0.6 is 0 Å². The number of anilines is 1. The first kappa shape index (κ1) is 24.2. The molecule has 0 spiro atoms. The topological polar surface area (TPSA) is 125 Å². The summed E-state index contributed by atoms with van der Waals surface area (Å²) in [5.74, 6) is -0.564. The molecule has 1 saturated heterocycles. The maximum atomic E-state index is 13.7. The smallest absolute Gasteiger partial charge is 0.243 e. The summed E-state index contributed by atoms with van der Waals surface area (Å²) in [6.07, 6.45) is 3.21. The Bertz CT molecular complexity index is 1590. The maximum absolute atomic E-state index is 13.7. The fourth-order valence-electron chi connectivity index (χ4n) is 5.76. The Morgan fingerprint density at radius 3 is 2.62 bits per heavy atom. The molecule has 4 aromatic rings. The van der Waals surface area contributed by atoms with Crippen LogP contribution in [0.1, 0.15) is 33.2 Å². The van der Waals surface area contributed by atoms with Gasteiger partial charge in [0, 0.05) is 19.0 Å². The Morgan fingerprint density at radius 2 is 1.84 bits per heavy atom. The van der Waals surface area contributed by atoms with Gasteiger partial charge in [-0.3, -0.25) is 0 Å².